The molecule has 0 radical (unpaired) electrons. The first-order chi connectivity index (χ1) is 10.8. The maximum Gasteiger partial charge on any atom is 0.325 e. The fourth-order valence-electron chi connectivity index (χ4n) is 2.47. The lowest BCUT2D eigenvalue weighted by Gasteiger charge is -2.34. The number of anilines is 1. The molecule has 0 aliphatic carbocycles. The minimum absolute atomic E-state index is 0.0289. The number of hydrogen-bond acceptors (Lipinski definition) is 6. The van der Waals surface area contributed by atoms with Crippen LogP contribution in [0.25, 0.3) is 0 Å². The largest absolute Gasteiger partial charge is 0.468 e. The summed E-state index contributed by atoms with van der Waals surface area (Å²) < 4.78 is 36.9. The van der Waals surface area contributed by atoms with Crippen LogP contribution in [0.1, 0.15) is 13.8 Å². The highest BCUT2D eigenvalue weighted by molar-refractivity contribution is 7.89. The molecule has 1 N–H and O–H groups in total. The number of ether oxygens (including phenoxy) is 2. The molecule has 2 atom stereocenters. The molecule has 0 unspecified atom stereocenters. The lowest BCUT2D eigenvalue weighted by molar-refractivity contribution is -0.138. The predicted octanol–water partition coefficient (Wildman–Crippen LogP) is 1.07. The number of methoxy groups -OCH3 is 1. The van der Waals surface area contributed by atoms with Gasteiger partial charge >= 0.3 is 5.97 Å². The van der Waals surface area contributed by atoms with Crippen molar-refractivity contribution >= 4 is 21.7 Å². The maximum absolute atomic E-state index is 12.7. The summed E-state index contributed by atoms with van der Waals surface area (Å²) in [5.74, 6) is -0.391. The van der Waals surface area contributed by atoms with Crippen molar-refractivity contribution in [3.05, 3.63) is 24.3 Å². The number of esters is 1. The molecule has 1 fully saturated rings. The summed E-state index contributed by atoms with van der Waals surface area (Å²) in [7, 11) is -2.24. The zero-order valence-electron chi connectivity index (χ0n) is 13.5. The minimum Gasteiger partial charge on any atom is -0.468 e. The van der Waals surface area contributed by atoms with Crippen molar-refractivity contribution in [1.82, 2.24) is 4.31 Å². The van der Waals surface area contributed by atoms with Gasteiger partial charge in [-0.15, -0.1) is 0 Å². The number of rotatable bonds is 5. The monoisotopic (exact) mass is 342 g/mol. The van der Waals surface area contributed by atoms with Crippen LogP contribution in [0, 0.1) is 0 Å². The second-order valence-corrected chi connectivity index (χ2v) is 7.47. The molecule has 8 heteroatoms. The molecular formula is C15H22N2O5S. The number of carbonyl (C=O) groups excluding carboxylic acids is 1. The average Bonchev–Trinajstić information content (AvgIpc) is 2.52. The molecule has 2 rings (SSSR count). The minimum atomic E-state index is -3.55. The molecule has 1 heterocycles. The van der Waals surface area contributed by atoms with E-state index in [0.717, 1.165) is 0 Å². The highest BCUT2D eigenvalue weighted by atomic mass is 32.2. The van der Waals surface area contributed by atoms with Crippen molar-refractivity contribution in [2.45, 2.75) is 31.0 Å². The van der Waals surface area contributed by atoms with Gasteiger partial charge in [-0.25, -0.2) is 8.42 Å². The summed E-state index contributed by atoms with van der Waals surface area (Å²) in [4.78, 5) is 11.3. The van der Waals surface area contributed by atoms with E-state index in [1.54, 1.807) is 12.1 Å². The molecule has 0 amide bonds. The first kappa shape index (κ1) is 17.7. The van der Waals surface area contributed by atoms with Crippen LogP contribution in [0.2, 0.25) is 0 Å². The van der Waals surface area contributed by atoms with E-state index >= 15 is 0 Å². The van der Waals surface area contributed by atoms with Crippen molar-refractivity contribution in [1.29, 1.82) is 0 Å². The van der Waals surface area contributed by atoms with Gasteiger partial charge in [-0.05, 0) is 38.1 Å². The fourth-order valence-corrected chi connectivity index (χ4v) is 4.06. The quantitative estimate of drug-likeness (QED) is 0.806. The summed E-state index contributed by atoms with van der Waals surface area (Å²) in [6.45, 7) is 4.43. The highest BCUT2D eigenvalue weighted by Gasteiger charge is 2.32. The molecule has 1 aliphatic rings. The Hall–Kier alpha value is -1.64. The second kappa shape index (κ2) is 7.29. The average molecular weight is 342 g/mol. The number of carbonyl (C=O) groups is 1. The first-order valence-corrected chi connectivity index (χ1v) is 8.83. The van der Waals surface area contributed by atoms with Crippen LogP contribution in [0.3, 0.4) is 0 Å². The summed E-state index contributed by atoms with van der Waals surface area (Å²) in [5.41, 5.74) is 0.651. The molecular weight excluding hydrogens is 320 g/mol. The molecule has 0 aromatic heterocycles. The normalized spacial score (nSPS) is 22.6. The zero-order chi connectivity index (χ0) is 17.0. The highest BCUT2D eigenvalue weighted by Crippen LogP contribution is 2.22. The standard InChI is InChI=1S/C15H22N2O5S/c1-11-9-17(10-12(2)22-11)23(19,20)14-6-4-13(5-7-14)16-8-15(18)21-3/h4-7,11-12,16H,8-10H2,1-3H3/t11-,12-/m0/s1. The number of nitrogens with one attached hydrogen (secondary N) is 1. The Kier molecular flexibility index (Phi) is 5.61. The third-order valence-corrected chi connectivity index (χ3v) is 5.39. The molecule has 23 heavy (non-hydrogen) atoms. The van der Waals surface area contributed by atoms with Crippen molar-refractivity contribution in [3.63, 3.8) is 0 Å². The molecule has 1 aliphatic heterocycles. The van der Waals surface area contributed by atoms with E-state index in [4.69, 9.17) is 4.74 Å². The maximum atomic E-state index is 12.7. The van der Waals surface area contributed by atoms with Crippen molar-refractivity contribution in [3.8, 4) is 0 Å². The predicted molar refractivity (Wildman–Crippen MR) is 85.7 cm³/mol. The number of hydrogen-bond donors (Lipinski definition) is 1. The van der Waals surface area contributed by atoms with Gasteiger partial charge in [0.05, 0.1) is 24.2 Å². The SMILES string of the molecule is COC(=O)CNc1ccc(S(=O)(=O)N2C[C@H](C)O[C@@H](C)C2)cc1. The zero-order valence-corrected chi connectivity index (χ0v) is 14.3. The van der Waals surface area contributed by atoms with Crippen molar-refractivity contribution in [2.75, 3.05) is 32.1 Å². The van der Waals surface area contributed by atoms with Crippen molar-refractivity contribution < 1.29 is 22.7 Å². The van der Waals surface area contributed by atoms with E-state index in [9.17, 15) is 13.2 Å². The number of nitrogens with zero attached hydrogens (tertiary/aromatic N) is 1. The van der Waals surface area contributed by atoms with Gasteiger partial charge in [-0.3, -0.25) is 4.79 Å². The Bertz CT molecular complexity index is 634. The van der Waals surface area contributed by atoms with Crippen molar-refractivity contribution in [2.24, 2.45) is 0 Å². The molecule has 0 saturated carbocycles. The number of sulfonamides is 1. The van der Waals surface area contributed by atoms with E-state index in [0.29, 0.717) is 18.8 Å². The van der Waals surface area contributed by atoms with Gasteiger partial charge in [-0.2, -0.15) is 4.31 Å². The fraction of sp³-hybridized carbons (Fsp3) is 0.533. The number of benzene rings is 1. The van der Waals surface area contributed by atoms with Gasteiger partial charge < -0.3 is 14.8 Å². The Morgan fingerprint density at radius 2 is 1.83 bits per heavy atom. The van der Waals surface area contributed by atoms with Crippen LogP contribution >= 0.6 is 0 Å². The third-order valence-electron chi connectivity index (χ3n) is 3.54. The van der Waals surface area contributed by atoms with Crippen LogP contribution in [0.15, 0.2) is 29.2 Å². The van der Waals surface area contributed by atoms with E-state index in [1.807, 2.05) is 13.8 Å². The van der Waals surface area contributed by atoms with Crippen LogP contribution < -0.4 is 5.32 Å². The van der Waals surface area contributed by atoms with Gasteiger partial charge in [0.2, 0.25) is 10.0 Å². The molecule has 0 bridgehead atoms. The first-order valence-electron chi connectivity index (χ1n) is 7.39. The smallest absolute Gasteiger partial charge is 0.325 e. The topological polar surface area (TPSA) is 84.9 Å². The van der Waals surface area contributed by atoms with Gasteiger partial charge in [0.15, 0.2) is 0 Å². The van der Waals surface area contributed by atoms with Gasteiger partial charge in [0, 0.05) is 18.8 Å². The van der Waals surface area contributed by atoms with Crippen LogP contribution in [0.5, 0.6) is 0 Å². The van der Waals surface area contributed by atoms with Crippen LogP contribution in [-0.4, -0.2) is 57.6 Å². The molecule has 128 valence electrons. The Balaban J connectivity index is 2.09. The molecule has 1 saturated heterocycles. The van der Waals surface area contributed by atoms with E-state index in [2.05, 4.69) is 10.1 Å². The van der Waals surface area contributed by atoms with Crippen LogP contribution in [-0.2, 0) is 24.3 Å². The second-order valence-electron chi connectivity index (χ2n) is 5.53. The summed E-state index contributed by atoms with van der Waals surface area (Å²) in [5, 5.41) is 2.86. The van der Waals surface area contributed by atoms with Gasteiger partial charge in [0.25, 0.3) is 0 Å². The van der Waals surface area contributed by atoms with E-state index in [-0.39, 0.29) is 23.6 Å². The Morgan fingerprint density at radius 1 is 1.26 bits per heavy atom. The molecule has 1 aromatic carbocycles. The van der Waals surface area contributed by atoms with Gasteiger partial charge in [-0.1, -0.05) is 0 Å². The van der Waals surface area contributed by atoms with E-state index in [1.165, 1.54) is 23.5 Å². The lowest BCUT2D eigenvalue weighted by Crippen LogP contribution is -2.48. The molecule has 7 nitrogen and oxygen atoms in total. The Morgan fingerprint density at radius 3 is 2.35 bits per heavy atom. The lowest BCUT2D eigenvalue weighted by atomic mass is 10.3. The summed E-state index contributed by atoms with van der Waals surface area (Å²) in [6, 6.07) is 6.31. The Labute approximate surface area is 136 Å². The summed E-state index contributed by atoms with van der Waals surface area (Å²) >= 11 is 0. The third kappa shape index (κ3) is 4.43. The van der Waals surface area contributed by atoms with E-state index < -0.39 is 16.0 Å². The molecule has 0 spiro atoms. The molecule has 1 aromatic rings. The van der Waals surface area contributed by atoms with Crippen LogP contribution in [0.4, 0.5) is 5.69 Å². The van der Waals surface area contributed by atoms with Gasteiger partial charge in [0.1, 0.15) is 6.54 Å². The summed E-state index contributed by atoms with van der Waals surface area (Å²) in [6.07, 6.45) is -0.260. The number of morpholine rings is 1.